The van der Waals surface area contributed by atoms with Crippen LogP contribution in [0.15, 0.2) is 53.4 Å². The molecule has 0 aliphatic rings. The molecule has 0 spiro atoms. The first-order valence-electron chi connectivity index (χ1n) is 9.14. The maximum Gasteiger partial charge on any atom is 0.243 e. The molecule has 2 aromatic carbocycles. The van der Waals surface area contributed by atoms with Crippen LogP contribution in [0.25, 0.3) is 0 Å². The fourth-order valence-corrected chi connectivity index (χ4v) is 4.07. The Morgan fingerprint density at radius 1 is 1.07 bits per heavy atom. The first-order chi connectivity index (χ1) is 12.7. The summed E-state index contributed by atoms with van der Waals surface area (Å²) < 4.78 is 27.6. The number of sulfonamides is 1. The lowest BCUT2D eigenvalue weighted by atomic mass is 10.1. The number of carbonyl (C=O) groups is 1. The molecular formula is C21H28N2O3S. The van der Waals surface area contributed by atoms with Crippen LogP contribution < -0.4 is 5.32 Å². The Bertz CT molecular complexity index is 877. The van der Waals surface area contributed by atoms with E-state index in [-0.39, 0.29) is 29.9 Å². The molecule has 0 radical (unpaired) electrons. The summed E-state index contributed by atoms with van der Waals surface area (Å²) in [6.45, 7) is 7.66. The van der Waals surface area contributed by atoms with Crippen molar-refractivity contribution >= 4 is 15.9 Å². The molecule has 0 saturated carbocycles. The Balaban J connectivity index is 2.32. The van der Waals surface area contributed by atoms with Gasteiger partial charge in [0.1, 0.15) is 0 Å². The van der Waals surface area contributed by atoms with Gasteiger partial charge in [-0.3, -0.25) is 4.79 Å². The van der Waals surface area contributed by atoms with E-state index in [4.69, 9.17) is 0 Å². The molecule has 5 nitrogen and oxygen atoms in total. The van der Waals surface area contributed by atoms with Crippen molar-refractivity contribution in [2.45, 2.75) is 51.6 Å². The second kappa shape index (κ2) is 9.15. The molecule has 1 unspecified atom stereocenters. The van der Waals surface area contributed by atoms with Gasteiger partial charge in [0.25, 0.3) is 0 Å². The van der Waals surface area contributed by atoms with E-state index in [1.807, 2.05) is 52.0 Å². The van der Waals surface area contributed by atoms with Crippen molar-refractivity contribution in [2.24, 2.45) is 0 Å². The second-order valence-electron chi connectivity index (χ2n) is 6.95. The standard InChI is InChI=1S/C21H28N2O3S/c1-5-18(4)22-21(24)15-23(14-19-8-6-7-17(3)13-19)27(25,26)20-11-9-16(2)10-12-20/h6-13,18H,5,14-15H2,1-4H3,(H,22,24). The first kappa shape index (κ1) is 21.1. The van der Waals surface area contributed by atoms with Crippen LogP contribution in [0.3, 0.4) is 0 Å². The van der Waals surface area contributed by atoms with Gasteiger partial charge in [0.05, 0.1) is 11.4 Å². The molecule has 27 heavy (non-hydrogen) atoms. The van der Waals surface area contributed by atoms with E-state index in [1.165, 1.54) is 4.31 Å². The van der Waals surface area contributed by atoms with Crippen molar-refractivity contribution in [3.8, 4) is 0 Å². The average Bonchev–Trinajstić information content (AvgIpc) is 2.61. The first-order valence-corrected chi connectivity index (χ1v) is 10.6. The molecule has 1 amide bonds. The van der Waals surface area contributed by atoms with E-state index in [0.717, 1.165) is 23.1 Å². The van der Waals surface area contributed by atoms with Gasteiger partial charge in [-0.25, -0.2) is 8.42 Å². The molecule has 0 bridgehead atoms. The van der Waals surface area contributed by atoms with Crippen LogP contribution in [-0.4, -0.2) is 31.2 Å². The minimum Gasteiger partial charge on any atom is -0.353 e. The molecule has 0 heterocycles. The van der Waals surface area contributed by atoms with Gasteiger partial charge in [-0.05, 0) is 44.9 Å². The van der Waals surface area contributed by atoms with E-state index >= 15 is 0 Å². The minimum absolute atomic E-state index is 0.000369. The van der Waals surface area contributed by atoms with Crippen molar-refractivity contribution in [3.63, 3.8) is 0 Å². The zero-order valence-corrected chi connectivity index (χ0v) is 17.2. The van der Waals surface area contributed by atoms with Crippen LogP contribution >= 0.6 is 0 Å². The normalized spacial score (nSPS) is 12.8. The van der Waals surface area contributed by atoms with Crippen LogP contribution in [0.4, 0.5) is 0 Å². The van der Waals surface area contributed by atoms with Crippen molar-refractivity contribution in [1.29, 1.82) is 0 Å². The zero-order chi connectivity index (χ0) is 20.0. The highest BCUT2D eigenvalue weighted by molar-refractivity contribution is 7.89. The van der Waals surface area contributed by atoms with Gasteiger partial charge < -0.3 is 5.32 Å². The van der Waals surface area contributed by atoms with Gasteiger partial charge >= 0.3 is 0 Å². The summed E-state index contributed by atoms with van der Waals surface area (Å²) in [4.78, 5) is 12.6. The van der Waals surface area contributed by atoms with Gasteiger partial charge in [-0.2, -0.15) is 4.31 Å². The van der Waals surface area contributed by atoms with Crippen molar-refractivity contribution in [3.05, 3.63) is 65.2 Å². The molecule has 2 aromatic rings. The Hall–Kier alpha value is -2.18. The van der Waals surface area contributed by atoms with Crippen LogP contribution in [0.2, 0.25) is 0 Å². The fraction of sp³-hybridized carbons (Fsp3) is 0.381. The predicted molar refractivity (Wildman–Crippen MR) is 108 cm³/mol. The highest BCUT2D eigenvalue weighted by Crippen LogP contribution is 2.19. The molecule has 6 heteroatoms. The van der Waals surface area contributed by atoms with Crippen molar-refractivity contribution < 1.29 is 13.2 Å². The van der Waals surface area contributed by atoms with E-state index in [9.17, 15) is 13.2 Å². The largest absolute Gasteiger partial charge is 0.353 e. The molecule has 0 aromatic heterocycles. The Morgan fingerprint density at radius 2 is 1.74 bits per heavy atom. The summed E-state index contributed by atoms with van der Waals surface area (Å²) in [5, 5.41) is 2.84. The number of aryl methyl sites for hydroxylation is 2. The maximum atomic E-state index is 13.2. The lowest BCUT2D eigenvalue weighted by Gasteiger charge is -2.23. The highest BCUT2D eigenvalue weighted by Gasteiger charge is 2.27. The number of nitrogens with zero attached hydrogens (tertiary/aromatic N) is 1. The quantitative estimate of drug-likeness (QED) is 0.754. The van der Waals surface area contributed by atoms with E-state index in [2.05, 4.69) is 5.32 Å². The number of hydrogen-bond acceptors (Lipinski definition) is 3. The molecule has 2 rings (SSSR count). The van der Waals surface area contributed by atoms with E-state index < -0.39 is 10.0 Å². The van der Waals surface area contributed by atoms with Crippen LogP contribution in [-0.2, 0) is 21.4 Å². The summed E-state index contributed by atoms with van der Waals surface area (Å²) in [5.41, 5.74) is 2.87. The topological polar surface area (TPSA) is 66.5 Å². The number of carbonyl (C=O) groups excluding carboxylic acids is 1. The summed E-state index contributed by atoms with van der Waals surface area (Å²) in [5.74, 6) is -0.298. The molecule has 0 fully saturated rings. The van der Waals surface area contributed by atoms with Gasteiger partial charge in [-0.15, -0.1) is 0 Å². The molecule has 0 saturated heterocycles. The monoisotopic (exact) mass is 388 g/mol. The Kier molecular flexibility index (Phi) is 7.16. The smallest absolute Gasteiger partial charge is 0.243 e. The zero-order valence-electron chi connectivity index (χ0n) is 16.4. The molecule has 0 aliphatic heterocycles. The van der Waals surface area contributed by atoms with Gasteiger partial charge in [0.15, 0.2) is 0 Å². The van der Waals surface area contributed by atoms with Gasteiger partial charge in [0.2, 0.25) is 15.9 Å². The summed E-state index contributed by atoms with van der Waals surface area (Å²) >= 11 is 0. The Labute approximate surface area is 162 Å². The fourth-order valence-electron chi connectivity index (χ4n) is 2.68. The third-order valence-corrected chi connectivity index (χ3v) is 6.25. The molecule has 1 N–H and O–H groups in total. The SMILES string of the molecule is CCC(C)NC(=O)CN(Cc1cccc(C)c1)S(=O)(=O)c1ccc(C)cc1. The molecule has 146 valence electrons. The summed E-state index contributed by atoms with van der Waals surface area (Å²) in [6, 6.07) is 14.3. The molecule has 0 aliphatic carbocycles. The minimum atomic E-state index is -3.79. The molecule has 1 atom stereocenters. The third-order valence-electron chi connectivity index (χ3n) is 4.44. The lowest BCUT2D eigenvalue weighted by molar-refractivity contribution is -0.122. The van der Waals surface area contributed by atoms with Crippen LogP contribution in [0, 0.1) is 13.8 Å². The average molecular weight is 389 g/mol. The summed E-state index contributed by atoms with van der Waals surface area (Å²) in [6.07, 6.45) is 0.786. The highest BCUT2D eigenvalue weighted by atomic mass is 32.2. The second-order valence-corrected chi connectivity index (χ2v) is 8.89. The predicted octanol–water partition coefficient (Wildman–Crippen LogP) is 3.41. The van der Waals surface area contributed by atoms with E-state index in [1.54, 1.807) is 24.3 Å². The Morgan fingerprint density at radius 3 is 2.33 bits per heavy atom. The number of nitrogens with one attached hydrogen (secondary N) is 1. The van der Waals surface area contributed by atoms with E-state index in [0.29, 0.717) is 0 Å². The van der Waals surface area contributed by atoms with Gasteiger partial charge in [-0.1, -0.05) is 54.4 Å². The van der Waals surface area contributed by atoms with Crippen LogP contribution in [0.1, 0.15) is 37.0 Å². The summed E-state index contributed by atoms with van der Waals surface area (Å²) in [7, 11) is -3.79. The lowest BCUT2D eigenvalue weighted by Crippen LogP contribution is -2.43. The van der Waals surface area contributed by atoms with Crippen molar-refractivity contribution in [1.82, 2.24) is 9.62 Å². The van der Waals surface area contributed by atoms with Gasteiger partial charge in [0, 0.05) is 12.6 Å². The number of rotatable bonds is 8. The molecular weight excluding hydrogens is 360 g/mol. The number of amides is 1. The maximum absolute atomic E-state index is 13.2. The van der Waals surface area contributed by atoms with Crippen molar-refractivity contribution in [2.75, 3.05) is 6.54 Å². The number of hydrogen-bond donors (Lipinski definition) is 1. The third kappa shape index (κ3) is 5.91. The number of benzene rings is 2. The van der Waals surface area contributed by atoms with Crippen LogP contribution in [0.5, 0.6) is 0 Å².